The predicted octanol–water partition coefficient (Wildman–Crippen LogP) is 2.42. The van der Waals surface area contributed by atoms with Crippen LogP contribution in [-0.4, -0.2) is 70.7 Å². The second-order valence-corrected chi connectivity index (χ2v) is 8.06. The van der Waals surface area contributed by atoms with E-state index < -0.39 is 0 Å². The standard InChI is InChI=1S/C20H35N3O2/c1-3-10-21-11-9-18(14-19(21)24)22-12-13-23(16(2)15-22)20(25)17-7-5-4-6-8-17/h14,16-17,20,25H,3-13,15H2,1-2H3. The van der Waals surface area contributed by atoms with Crippen molar-refractivity contribution in [3.05, 3.63) is 11.8 Å². The number of aliphatic hydroxyl groups excluding tert-OH is 1. The summed E-state index contributed by atoms with van der Waals surface area (Å²) >= 11 is 0. The van der Waals surface area contributed by atoms with Gasteiger partial charge in [-0.1, -0.05) is 26.2 Å². The maximum absolute atomic E-state index is 12.3. The first-order valence-electron chi connectivity index (χ1n) is 10.3. The van der Waals surface area contributed by atoms with Crippen molar-refractivity contribution >= 4 is 5.91 Å². The SMILES string of the molecule is CCCN1CCC(N2CCN(C(O)C3CCCCC3)C(C)C2)=CC1=O. The highest BCUT2D eigenvalue weighted by Gasteiger charge is 2.34. The van der Waals surface area contributed by atoms with Gasteiger partial charge < -0.3 is 14.9 Å². The van der Waals surface area contributed by atoms with Gasteiger partial charge in [0.1, 0.15) is 6.23 Å². The van der Waals surface area contributed by atoms with E-state index >= 15 is 0 Å². The van der Waals surface area contributed by atoms with E-state index in [1.807, 2.05) is 11.0 Å². The minimum Gasteiger partial charge on any atom is -0.378 e. The third kappa shape index (κ3) is 4.37. The maximum Gasteiger partial charge on any atom is 0.248 e. The van der Waals surface area contributed by atoms with Gasteiger partial charge in [-0.3, -0.25) is 9.69 Å². The molecule has 2 aliphatic heterocycles. The number of aliphatic hydroxyl groups is 1. The van der Waals surface area contributed by atoms with Crippen molar-refractivity contribution in [2.24, 2.45) is 5.92 Å². The Hall–Kier alpha value is -1.07. The minimum absolute atomic E-state index is 0.167. The van der Waals surface area contributed by atoms with Crippen LogP contribution in [0.3, 0.4) is 0 Å². The van der Waals surface area contributed by atoms with E-state index in [9.17, 15) is 9.90 Å². The van der Waals surface area contributed by atoms with Crippen LogP contribution < -0.4 is 0 Å². The molecular weight excluding hydrogens is 314 g/mol. The lowest BCUT2D eigenvalue weighted by Gasteiger charge is -2.46. The smallest absolute Gasteiger partial charge is 0.248 e. The van der Waals surface area contributed by atoms with Crippen molar-refractivity contribution in [3.8, 4) is 0 Å². The molecule has 25 heavy (non-hydrogen) atoms. The third-order valence-electron chi connectivity index (χ3n) is 6.23. The Bertz CT molecular complexity index is 487. The van der Waals surface area contributed by atoms with E-state index in [1.54, 1.807) is 0 Å². The van der Waals surface area contributed by atoms with Gasteiger partial charge in [-0.15, -0.1) is 0 Å². The Kier molecular flexibility index (Phi) is 6.39. The molecule has 3 aliphatic rings. The summed E-state index contributed by atoms with van der Waals surface area (Å²) in [6.45, 7) is 8.76. The maximum atomic E-state index is 12.3. The zero-order chi connectivity index (χ0) is 17.8. The van der Waals surface area contributed by atoms with Crippen LogP contribution in [0.15, 0.2) is 11.8 Å². The van der Waals surface area contributed by atoms with E-state index in [4.69, 9.17) is 0 Å². The molecule has 2 heterocycles. The van der Waals surface area contributed by atoms with Gasteiger partial charge in [0.25, 0.3) is 0 Å². The lowest BCUT2D eigenvalue weighted by atomic mass is 9.87. The lowest BCUT2D eigenvalue weighted by Crippen LogP contribution is -2.57. The van der Waals surface area contributed by atoms with Crippen molar-refractivity contribution < 1.29 is 9.90 Å². The molecule has 1 N–H and O–H groups in total. The molecule has 1 saturated carbocycles. The van der Waals surface area contributed by atoms with Crippen molar-refractivity contribution in [1.82, 2.24) is 14.7 Å². The summed E-state index contributed by atoms with van der Waals surface area (Å²) in [6.07, 6.45) is 9.72. The Labute approximate surface area is 152 Å². The molecule has 2 fully saturated rings. The highest BCUT2D eigenvalue weighted by atomic mass is 16.3. The molecule has 5 heteroatoms. The van der Waals surface area contributed by atoms with Gasteiger partial charge in [0, 0.05) is 57.0 Å². The van der Waals surface area contributed by atoms with Crippen LogP contribution in [0.2, 0.25) is 0 Å². The Morgan fingerprint density at radius 2 is 1.96 bits per heavy atom. The number of nitrogens with zero attached hydrogens (tertiary/aromatic N) is 3. The van der Waals surface area contributed by atoms with Crippen LogP contribution in [0, 0.1) is 5.92 Å². The molecule has 2 atom stereocenters. The predicted molar refractivity (Wildman–Crippen MR) is 99.9 cm³/mol. The number of piperazine rings is 1. The van der Waals surface area contributed by atoms with Crippen LogP contribution in [0.4, 0.5) is 0 Å². The topological polar surface area (TPSA) is 47.0 Å². The summed E-state index contributed by atoms with van der Waals surface area (Å²) < 4.78 is 0. The van der Waals surface area contributed by atoms with E-state index in [0.717, 1.165) is 45.6 Å². The van der Waals surface area contributed by atoms with Gasteiger partial charge in [-0.05, 0) is 32.1 Å². The summed E-state index contributed by atoms with van der Waals surface area (Å²) in [6, 6.07) is 0.329. The fraction of sp³-hybridized carbons (Fsp3) is 0.850. The van der Waals surface area contributed by atoms with Gasteiger partial charge in [-0.25, -0.2) is 0 Å². The van der Waals surface area contributed by atoms with Crippen LogP contribution >= 0.6 is 0 Å². The van der Waals surface area contributed by atoms with Crippen molar-refractivity contribution in [2.45, 2.75) is 71.1 Å². The highest BCUT2D eigenvalue weighted by molar-refractivity contribution is 5.89. The number of hydrogen-bond acceptors (Lipinski definition) is 4. The van der Waals surface area contributed by atoms with Crippen LogP contribution in [0.25, 0.3) is 0 Å². The molecule has 2 unspecified atom stereocenters. The lowest BCUT2D eigenvalue weighted by molar-refractivity contribution is -0.127. The average Bonchev–Trinajstić information content (AvgIpc) is 2.63. The largest absolute Gasteiger partial charge is 0.378 e. The first kappa shape index (κ1) is 18.7. The van der Waals surface area contributed by atoms with Crippen LogP contribution in [-0.2, 0) is 4.79 Å². The fourth-order valence-corrected chi connectivity index (χ4v) is 4.74. The molecule has 0 spiro atoms. The van der Waals surface area contributed by atoms with Crippen molar-refractivity contribution in [1.29, 1.82) is 0 Å². The Morgan fingerprint density at radius 3 is 2.60 bits per heavy atom. The monoisotopic (exact) mass is 349 g/mol. The van der Waals surface area contributed by atoms with Gasteiger partial charge in [0.2, 0.25) is 5.91 Å². The molecule has 142 valence electrons. The fourth-order valence-electron chi connectivity index (χ4n) is 4.74. The normalized spacial score (nSPS) is 28.2. The molecule has 0 bridgehead atoms. The molecule has 0 aromatic carbocycles. The molecule has 1 aliphatic carbocycles. The first-order chi connectivity index (χ1) is 12.1. The third-order valence-corrected chi connectivity index (χ3v) is 6.23. The first-order valence-corrected chi connectivity index (χ1v) is 10.3. The molecular formula is C20H35N3O2. The molecule has 1 saturated heterocycles. The number of carbonyl (C=O) groups is 1. The zero-order valence-electron chi connectivity index (χ0n) is 16.0. The minimum atomic E-state index is -0.292. The zero-order valence-corrected chi connectivity index (χ0v) is 16.0. The molecule has 1 amide bonds. The summed E-state index contributed by atoms with van der Waals surface area (Å²) in [4.78, 5) is 18.9. The van der Waals surface area contributed by atoms with Crippen LogP contribution in [0.5, 0.6) is 0 Å². The summed E-state index contributed by atoms with van der Waals surface area (Å²) in [7, 11) is 0. The quantitative estimate of drug-likeness (QED) is 0.828. The molecule has 0 radical (unpaired) electrons. The van der Waals surface area contributed by atoms with Crippen molar-refractivity contribution in [3.63, 3.8) is 0 Å². The van der Waals surface area contributed by atoms with Gasteiger partial charge in [0.05, 0.1) is 0 Å². The number of carbonyl (C=O) groups excluding carboxylic acids is 1. The van der Waals surface area contributed by atoms with Gasteiger partial charge >= 0.3 is 0 Å². The molecule has 3 rings (SSSR count). The molecule has 5 nitrogen and oxygen atoms in total. The number of hydrogen-bond donors (Lipinski definition) is 1. The second kappa shape index (κ2) is 8.54. The van der Waals surface area contributed by atoms with E-state index in [0.29, 0.717) is 12.0 Å². The Balaban J connectivity index is 1.56. The molecule has 0 aromatic rings. The summed E-state index contributed by atoms with van der Waals surface area (Å²) in [5, 5.41) is 10.8. The van der Waals surface area contributed by atoms with Crippen molar-refractivity contribution in [2.75, 3.05) is 32.7 Å². The molecule has 0 aromatic heterocycles. The highest BCUT2D eigenvalue weighted by Crippen LogP contribution is 2.30. The van der Waals surface area contributed by atoms with E-state index in [1.165, 1.54) is 37.8 Å². The van der Waals surface area contributed by atoms with Crippen LogP contribution in [0.1, 0.15) is 58.8 Å². The van der Waals surface area contributed by atoms with Gasteiger partial charge in [-0.2, -0.15) is 0 Å². The van der Waals surface area contributed by atoms with E-state index in [2.05, 4.69) is 23.6 Å². The second-order valence-electron chi connectivity index (χ2n) is 8.06. The van der Waals surface area contributed by atoms with Gasteiger partial charge in [0.15, 0.2) is 0 Å². The summed E-state index contributed by atoms with van der Waals surface area (Å²) in [5.74, 6) is 0.612. The summed E-state index contributed by atoms with van der Waals surface area (Å²) in [5.41, 5.74) is 1.19. The Morgan fingerprint density at radius 1 is 1.20 bits per heavy atom. The number of amides is 1. The average molecular weight is 350 g/mol. The number of rotatable bonds is 5. The van der Waals surface area contributed by atoms with E-state index in [-0.39, 0.29) is 12.1 Å².